The van der Waals surface area contributed by atoms with Crippen LogP contribution in [0.3, 0.4) is 0 Å². The first-order valence-electron chi connectivity index (χ1n) is 5.64. The highest BCUT2D eigenvalue weighted by Crippen LogP contribution is 2.34. The molecule has 0 radical (unpaired) electrons. The Morgan fingerprint density at radius 2 is 2.06 bits per heavy atom. The first-order chi connectivity index (χ1) is 7.64. The van der Waals surface area contributed by atoms with Crippen LogP contribution in [-0.4, -0.2) is 24.4 Å². The molecule has 2 unspecified atom stereocenters. The van der Waals surface area contributed by atoms with Crippen molar-refractivity contribution in [3.63, 3.8) is 0 Å². The minimum Gasteiger partial charge on any atom is -0.396 e. The fourth-order valence-electron chi connectivity index (χ4n) is 1.93. The van der Waals surface area contributed by atoms with Gasteiger partial charge in [0.1, 0.15) is 0 Å². The molecule has 1 fully saturated rings. The van der Waals surface area contributed by atoms with Crippen molar-refractivity contribution in [1.82, 2.24) is 0 Å². The Labute approximate surface area is 96.0 Å². The molecule has 16 heavy (non-hydrogen) atoms. The zero-order chi connectivity index (χ0) is 11.6. The Hall–Kier alpha value is -0.900. The van der Waals surface area contributed by atoms with Crippen LogP contribution in [0.5, 0.6) is 0 Å². The van der Waals surface area contributed by atoms with Gasteiger partial charge in [0.2, 0.25) is 0 Å². The van der Waals surface area contributed by atoms with Gasteiger partial charge in [-0.15, -0.1) is 0 Å². The third-order valence-corrected chi connectivity index (χ3v) is 2.96. The van der Waals surface area contributed by atoms with Gasteiger partial charge >= 0.3 is 0 Å². The molecule has 1 aromatic carbocycles. The van der Waals surface area contributed by atoms with Gasteiger partial charge in [0.15, 0.2) is 5.79 Å². The first-order valence-corrected chi connectivity index (χ1v) is 5.64. The molecule has 0 saturated carbocycles. The highest BCUT2D eigenvalue weighted by Gasteiger charge is 2.38. The molecule has 1 saturated heterocycles. The number of benzene rings is 1. The van der Waals surface area contributed by atoms with E-state index in [1.165, 1.54) is 5.56 Å². The van der Waals surface area contributed by atoms with Crippen molar-refractivity contribution < 1.29 is 14.6 Å². The lowest BCUT2D eigenvalue weighted by atomic mass is 10.1. The van der Waals surface area contributed by atoms with Crippen LogP contribution in [0.25, 0.3) is 0 Å². The number of hydrogen-bond donors (Lipinski definition) is 1. The number of ether oxygens (including phenoxy) is 2. The Balaban J connectivity index is 2.12. The van der Waals surface area contributed by atoms with Crippen LogP contribution in [0.15, 0.2) is 24.3 Å². The lowest BCUT2D eigenvalue weighted by Gasteiger charge is -2.23. The van der Waals surface area contributed by atoms with Crippen molar-refractivity contribution in [1.29, 1.82) is 0 Å². The summed E-state index contributed by atoms with van der Waals surface area (Å²) >= 11 is 0. The van der Waals surface area contributed by atoms with Crippen LogP contribution in [0.2, 0.25) is 0 Å². The van der Waals surface area contributed by atoms with Gasteiger partial charge in [0.25, 0.3) is 0 Å². The first kappa shape index (κ1) is 11.6. The molecular formula is C13H18O3. The summed E-state index contributed by atoms with van der Waals surface area (Å²) in [7, 11) is 0. The van der Waals surface area contributed by atoms with Crippen molar-refractivity contribution >= 4 is 0 Å². The molecule has 0 amide bonds. The number of aliphatic hydroxyl groups excluding tert-OH is 1. The number of hydrogen-bond acceptors (Lipinski definition) is 3. The molecule has 2 atom stereocenters. The lowest BCUT2D eigenvalue weighted by molar-refractivity contribution is -0.163. The van der Waals surface area contributed by atoms with E-state index in [-0.39, 0.29) is 12.7 Å². The summed E-state index contributed by atoms with van der Waals surface area (Å²) in [6.07, 6.45) is 0.623. The van der Waals surface area contributed by atoms with E-state index in [2.05, 4.69) is 6.92 Å². The van der Waals surface area contributed by atoms with Gasteiger partial charge < -0.3 is 14.6 Å². The fourth-order valence-corrected chi connectivity index (χ4v) is 1.93. The van der Waals surface area contributed by atoms with E-state index in [0.29, 0.717) is 13.0 Å². The molecule has 0 aromatic heterocycles. The maximum Gasteiger partial charge on any atom is 0.192 e. The zero-order valence-electron chi connectivity index (χ0n) is 9.77. The molecule has 3 heteroatoms. The van der Waals surface area contributed by atoms with Gasteiger partial charge in [0, 0.05) is 12.2 Å². The van der Waals surface area contributed by atoms with E-state index in [0.717, 1.165) is 5.56 Å². The van der Waals surface area contributed by atoms with E-state index < -0.39 is 5.79 Å². The van der Waals surface area contributed by atoms with E-state index in [1.54, 1.807) is 0 Å². The molecular weight excluding hydrogens is 204 g/mol. The van der Waals surface area contributed by atoms with E-state index in [9.17, 15) is 0 Å². The smallest absolute Gasteiger partial charge is 0.192 e. The largest absolute Gasteiger partial charge is 0.396 e. The summed E-state index contributed by atoms with van der Waals surface area (Å²) in [6.45, 7) is 4.66. The van der Waals surface area contributed by atoms with Gasteiger partial charge in [-0.25, -0.2) is 0 Å². The predicted octanol–water partition coefficient (Wildman–Crippen LogP) is 1.97. The van der Waals surface area contributed by atoms with Gasteiger partial charge in [-0.3, -0.25) is 0 Å². The van der Waals surface area contributed by atoms with Crippen molar-refractivity contribution in [2.24, 2.45) is 0 Å². The van der Waals surface area contributed by atoms with Crippen LogP contribution in [0.4, 0.5) is 0 Å². The second-order valence-electron chi connectivity index (χ2n) is 4.37. The lowest BCUT2D eigenvalue weighted by Crippen LogP contribution is -2.24. The van der Waals surface area contributed by atoms with Gasteiger partial charge in [-0.05, 0) is 20.3 Å². The molecule has 1 heterocycles. The highest BCUT2D eigenvalue weighted by atomic mass is 16.7. The number of rotatable bonds is 3. The minimum absolute atomic E-state index is 0.00342. The zero-order valence-corrected chi connectivity index (χ0v) is 9.77. The second kappa shape index (κ2) is 4.53. The average molecular weight is 222 g/mol. The summed E-state index contributed by atoms with van der Waals surface area (Å²) in [5.41, 5.74) is 2.25. The Kier molecular flexibility index (Phi) is 3.28. The third kappa shape index (κ3) is 2.26. The SMILES string of the molecule is Cc1ccc(C2(C)OCC(CCO)O2)cc1. The average Bonchev–Trinajstić information content (AvgIpc) is 2.63. The van der Waals surface area contributed by atoms with Gasteiger partial charge in [-0.2, -0.15) is 0 Å². The van der Waals surface area contributed by atoms with Gasteiger partial charge in [0.05, 0.1) is 12.7 Å². The number of aliphatic hydroxyl groups is 1. The molecule has 1 aliphatic rings. The minimum atomic E-state index is -0.659. The molecule has 3 nitrogen and oxygen atoms in total. The predicted molar refractivity (Wildman–Crippen MR) is 61.1 cm³/mol. The summed E-state index contributed by atoms with van der Waals surface area (Å²) in [5.74, 6) is -0.659. The van der Waals surface area contributed by atoms with Gasteiger partial charge in [-0.1, -0.05) is 29.8 Å². The number of aryl methyl sites for hydroxylation is 1. The van der Waals surface area contributed by atoms with Crippen LogP contribution >= 0.6 is 0 Å². The molecule has 0 spiro atoms. The van der Waals surface area contributed by atoms with Crippen LogP contribution < -0.4 is 0 Å². The maximum atomic E-state index is 8.87. The molecule has 1 aromatic rings. The van der Waals surface area contributed by atoms with E-state index in [4.69, 9.17) is 14.6 Å². The molecule has 1 N–H and O–H groups in total. The van der Waals surface area contributed by atoms with Crippen molar-refractivity contribution in [3.05, 3.63) is 35.4 Å². The van der Waals surface area contributed by atoms with Crippen LogP contribution in [0.1, 0.15) is 24.5 Å². The topological polar surface area (TPSA) is 38.7 Å². The molecule has 2 rings (SSSR count). The standard InChI is InChI=1S/C13H18O3/c1-10-3-5-11(6-4-10)13(2)15-9-12(16-13)7-8-14/h3-6,12,14H,7-9H2,1-2H3. The normalized spacial score (nSPS) is 29.6. The molecule has 0 aliphatic carbocycles. The maximum absolute atomic E-state index is 8.87. The summed E-state index contributed by atoms with van der Waals surface area (Å²) in [6, 6.07) is 8.15. The van der Waals surface area contributed by atoms with E-state index in [1.807, 2.05) is 31.2 Å². The van der Waals surface area contributed by atoms with Crippen molar-refractivity contribution in [2.45, 2.75) is 32.2 Å². The monoisotopic (exact) mass is 222 g/mol. The second-order valence-corrected chi connectivity index (χ2v) is 4.37. The Morgan fingerprint density at radius 1 is 1.38 bits per heavy atom. The van der Waals surface area contributed by atoms with Crippen molar-refractivity contribution in [3.8, 4) is 0 Å². The quantitative estimate of drug-likeness (QED) is 0.849. The van der Waals surface area contributed by atoms with E-state index >= 15 is 0 Å². The summed E-state index contributed by atoms with van der Waals surface area (Å²) < 4.78 is 11.5. The fraction of sp³-hybridized carbons (Fsp3) is 0.538. The Morgan fingerprint density at radius 3 is 2.69 bits per heavy atom. The molecule has 1 aliphatic heterocycles. The molecule has 88 valence electrons. The van der Waals surface area contributed by atoms with Crippen LogP contribution in [0, 0.1) is 6.92 Å². The van der Waals surface area contributed by atoms with Crippen molar-refractivity contribution in [2.75, 3.05) is 13.2 Å². The summed E-state index contributed by atoms with van der Waals surface area (Å²) in [4.78, 5) is 0. The van der Waals surface area contributed by atoms with Crippen LogP contribution in [-0.2, 0) is 15.3 Å². The Bertz CT molecular complexity index is 347. The molecule has 0 bridgehead atoms. The summed E-state index contributed by atoms with van der Waals surface area (Å²) in [5, 5.41) is 8.87. The highest BCUT2D eigenvalue weighted by molar-refractivity contribution is 5.25. The third-order valence-electron chi connectivity index (χ3n) is 2.96.